The first-order chi connectivity index (χ1) is 13.7. The Balaban J connectivity index is 0.00000240. The van der Waals surface area contributed by atoms with Crippen molar-refractivity contribution in [3.63, 3.8) is 0 Å². The van der Waals surface area contributed by atoms with Gasteiger partial charge in [0.05, 0.1) is 0 Å². The van der Waals surface area contributed by atoms with Crippen molar-refractivity contribution < 1.29 is 4.69 Å². The quantitative estimate of drug-likeness (QED) is 0.271. The van der Waals surface area contributed by atoms with Crippen molar-refractivity contribution in [2.45, 2.75) is 0 Å². The SMILES string of the molecule is Cl.O=[N+]([O-])P(c1ccccc1)(c1ccccc1)(c1ccccc1)c1ccccc1. The first-order valence-electron chi connectivity index (χ1n) is 9.10. The number of hydrogen-bond donors (Lipinski definition) is 0. The summed E-state index contributed by atoms with van der Waals surface area (Å²) >= 11 is 0. The van der Waals surface area contributed by atoms with Crippen molar-refractivity contribution in [1.82, 2.24) is 0 Å². The molecule has 0 aromatic heterocycles. The number of nitro groups is 1. The monoisotopic (exact) mass is 421 g/mol. The van der Waals surface area contributed by atoms with Crippen LogP contribution in [0.3, 0.4) is 0 Å². The Morgan fingerprint density at radius 1 is 0.483 bits per heavy atom. The molecule has 0 unspecified atom stereocenters. The van der Waals surface area contributed by atoms with Crippen molar-refractivity contribution in [3.8, 4) is 0 Å². The van der Waals surface area contributed by atoms with E-state index in [0.717, 1.165) is 21.2 Å². The van der Waals surface area contributed by atoms with Gasteiger partial charge in [0, 0.05) is 0 Å². The molecule has 0 saturated carbocycles. The zero-order valence-corrected chi connectivity index (χ0v) is 17.4. The number of halogens is 1. The Morgan fingerprint density at radius 3 is 0.862 bits per heavy atom. The Bertz CT molecular complexity index is 921. The number of rotatable bonds is 5. The van der Waals surface area contributed by atoms with Gasteiger partial charge in [-0.25, -0.2) is 0 Å². The summed E-state index contributed by atoms with van der Waals surface area (Å²) in [5, 5.41) is 16.3. The van der Waals surface area contributed by atoms with Crippen LogP contribution in [0.5, 0.6) is 0 Å². The van der Waals surface area contributed by atoms with Crippen molar-refractivity contribution in [3.05, 3.63) is 131 Å². The third kappa shape index (κ3) is 2.78. The van der Waals surface area contributed by atoms with Gasteiger partial charge in [-0.15, -0.1) is 12.4 Å². The molecule has 3 nitrogen and oxygen atoms in total. The molecule has 0 atom stereocenters. The van der Waals surface area contributed by atoms with Gasteiger partial charge >= 0.3 is 164 Å². The third-order valence-electron chi connectivity index (χ3n) is 5.36. The maximum absolute atomic E-state index is 13.4. The predicted octanol–water partition coefficient (Wildman–Crippen LogP) is 4.46. The summed E-state index contributed by atoms with van der Waals surface area (Å²) in [7, 11) is 0. The number of benzene rings is 4. The number of nitrogens with zero attached hydrogens (tertiary/aromatic N) is 1. The summed E-state index contributed by atoms with van der Waals surface area (Å²) in [6, 6.07) is 37.8. The van der Waals surface area contributed by atoms with Crippen molar-refractivity contribution >= 4 is 40.4 Å². The van der Waals surface area contributed by atoms with Gasteiger partial charge in [0.15, 0.2) is 0 Å². The van der Waals surface area contributed by atoms with E-state index in [1.165, 1.54) is 0 Å². The fourth-order valence-electron chi connectivity index (χ4n) is 4.14. The van der Waals surface area contributed by atoms with Gasteiger partial charge in [-0.1, -0.05) is 0 Å². The Hall–Kier alpha value is -3.00. The van der Waals surface area contributed by atoms with Crippen LogP contribution in [0.25, 0.3) is 0 Å². The minimum absolute atomic E-state index is 0. The maximum atomic E-state index is 13.4. The molecule has 0 aliphatic heterocycles. The summed E-state index contributed by atoms with van der Waals surface area (Å²) in [6.07, 6.45) is 0. The van der Waals surface area contributed by atoms with Crippen molar-refractivity contribution in [2.24, 2.45) is 0 Å². The molecule has 4 aromatic rings. The molecular formula is C24H21ClNO2P. The fourth-order valence-corrected chi connectivity index (χ4v) is 9.70. The van der Waals surface area contributed by atoms with E-state index in [1.54, 1.807) is 0 Å². The first kappa shape index (κ1) is 20.7. The average Bonchev–Trinajstić information content (AvgIpc) is 2.78. The molecule has 5 heteroatoms. The van der Waals surface area contributed by atoms with Gasteiger partial charge in [-0.05, 0) is 0 Å². The summed E-state index contributed by atoms with van der Waals surface area (Å²) in [4.78, 5) is 13.4. The summed E-state index contributed by atoms with van der Waals surface area (Å²) < 4.78 is -0.0130. The molecule has 0 bridgehead atoms. The molecule has 29 heavy (non-hydrogen) atoms. The Kier molecular flexibility index (Phi) is 5.83. The standard InChI is InChI=1S/C24H20NO2P.ClH/c26-25(27)28(21-13-5-1-6-14-21,22-15-7-2-8-16-22,23-17-9-3-10-18-23)24-19-11-4-12-20-24;/h1-20H;1H. The first-order valence-corrected chi connectivity index (χ1v) is 11.3. The van der Waals surface area contributed by atoms with E-state index in [4.69, 9.17) is 0 Å². The zero-order chi connectivity index (χ0) is 19.5. The van der Waals surface area contributed by atoms with Crippen LogP contribution in [0.1, 0.15) is 0 Å². The summed E-state index contributed by atoms with van der Waals surface area (Å²) in [5.41, 5.74) is 0. The second kappa shape index (κ2) is 8.16. The van der Waals surface area contributed by atoms with Gasteiger partial charge in [-0.2, -0.15) is 0 Å². The second-order valence-electron chi connectivity index (χ2n) is 6.65. The van der Waals surface area contributed by atoms with Gasteiger partial charge in [-0.3, -0.25) is 0 Å². The van der Waals surface area contributed by atoms with Crippen LogP contribution >= 0.6 is 19.2 Å². The van der Waals surface area contributed by atoms with E-state index in [0.29, 0.717) is 0 Å². The van der Waals surface area contributed by atoms with Crippen LogP contribution in [0.4, 0.5) is 0 Å². The normalized spacial score (nSPS) is 12.2. The molecular weight excluding hydrogens is 401 g/mol. The van der Waals surface area contributed by atoms with Crippen LogP contribution in [0.15, 0.2) is 121 Å². The average molecular weight is 422 g/mol. The topological polar surface area (TPSA) is 43.1 Å². The van der Waals surface area contributed by atoms with E-state index < -0.39 is 6.75 Å². The van der Waals surface area contributed by atoms with Crippen LogP contribution < -0.4 is 21.2 Å². The molecule has 4 aromatic carbocycles. The van der Waals surface area contributed by atoms with E-state index in [9.17, 15) is 10.1 Å². The fraction of sp³-hybridized carbons (Fsp3) is 0. The Labute approximate surface area is 176 Å². The molecule has 0 fully saturated rings. The molecule has 0 saturated heterocycles. The summed E-state index contributed by atoms with van der Waals surface area (Å²) in [6.45, 7) is -4.23. The van der Waals surface area contributed by atoms with E-state index in [-0.39, 0.29) is 17.1 Å². The van der Waals surface area contributed by atoms with Crippen LogP contribution in [-0.2, 0) is 0 Å². The summed E-state index contributed by atoms with van der Waals surface area (Å²) in [5.74, 6) is 0. The van der Waals surface area contributed by atoms with E-state index in [1.807, 2.05) is 121 Å². The van der Waals surface area contributed by atoms with Gasteiger partial charge in [0.2, 0.25) is 0 Å². The van der Waals surface area contributed by atoms with Gasteiger partial charge < -0.3 is 0 Å². The second-order valence-corrected chi connectivity index (χ2v) is 11.2. The van der Waals surface area contributed by atoms with Crippen LogP contribution in [0, 0.1) is 10.1 Å². The van der Waals surface area contributed by atoms with Gasteiger partial charge in [0.25, 0.3) is 0 Å². The van der Waals surface area contributed by atoms with Crippen molar-refractivity contribution in [1.29, 1.82) is 0 Å². The molecule has 0 N–H and O–H groups in total. The Morgan fingerprint density at radius 2 is 0.690 bits per heavy atom. The molecule has 4 rings (SSSR count). The number of hydrogen-bond acceptors (Lipinski definition) is 2. The van der Waals surface area contributed by atoms with E-state index >= 15 is 0 Å². The molecule has 0 aliphatic carbocycles. The molecule has 0 spiro atoms. The molecule has 0 amide bonds. The van der Waals surface area contributed by atoms with Crippen LogP contribution in [0.2, 0.25) is 0 Å². The molecule has 0 aliphatic rings. The third-order valence-corrected chi connectivity index (χ3v) is 11.2. The van der Waals surface area contributed by atoms with E-state index in [2.05, 4.69) is 0 Å². The predicted molar refractivity (Wildman–Crippen MR) is 125 cm³/mol. The van der Waals surface area contributed by atoms with Gasteiger partial charge in [0.1, 0.15) is 0 Å². The molecule has 146 valence electrons. The zero-order valence-electron chi connectivity index (χ0n) is 15.7. The molecule has 0 heterocycles. The molecule has 0 radical (unpaired) electrons. The van der Waals surface area contributed by atoms with Crippen molar-refractivity contribution in [2.75, 3.05) is 0 Å². The van der Waals surface area contributed by atoms with Crippen LogP contribution in [-0.4, -0.2) is 4.69 Å². The minimum atomic E-state index is -4.23.